The van der Waals surface area contributed by atoms with Gasteiger partial charge in [0.25, 0.3) is 5.69 Å². The number of carbonyl (C=O) groups is 1. The molecule has 11 heteroatoms. The van der Waals surface area contributed by atoms with Gasteiger partial charge in [-0.15, -0.1) is 5.10 Å². The molecule has 3 aromatic rings. The third-order valence-electron chi connectivity index (χ3n) is 6.65. The second-order valence-corrected chi connectivity index (χ2v) is 9.83. The summed E-state index contributed by atoms with van der Waals surface area (Å²) in [4.78, 5) is 29.2. The highest BCUT2D eigenvalue weighted by Crippen LogP contribution is 2.47. The van der Waals surface area contributed by atoms with E-state index in [0.717, 1.165) is 5.70 Å². The molecule has 1 aliphatic heterocycles. The van der Waals surface area contributed by atoms with Crippen molar-refractivity contribution in [1.29, 1.82) is 0 Å². The van der Waals surface area contributed by atoms with E-state index in [0.29, 0.717) is 58.6 Å². The molecule has 37 heavy (non-hydrogen) atoms. The Kier molecular flexibility index (Phi) is 5.85. The summed E-state index contributed by atoms with van der Waals surface area (Å²) >= 11 is 0. The zero-order chi connectivity index (χ0) is 26.5. The molecule has 0 saturated carbocycles. The van der Waals surface area contributed by atoms with Gasteiger partial charge in [-0.2, -0.15) is 4.98 Å². The van der Waals surface area contributed by atoms with E-state index in [1.807, 2.05) is 13.8 Å². The van der Waals surface area contributed by atoms with Crippen molar-refractivity contribution in [1.82, 2.24) is 14.8 Å². The maximum absolute atomic E-state index is 13.4. The van der Waals surface area contributed by atoms with Gasteiger partial charge in [0.2, 0.25) is 11.7 Å². The molecular weight excluding hydrogens is 478 g/mol. The van der Waals surface area contributed by atoms with E-state index >= 15 is 0 Å². The van der Waals surface area contributed by atoms with Crippen LogP contribution in [0.2, 0.25) is 0 Å². The van der Waals surface area contributed by atoms with Crippen LogP contribution in [-0.4, -0.2) is 46.8 Å². The van der Waals surface area contributed by atoms with Gasteiger partial charge in [-0.1, -0.05) is 26.0 Å². The first kappa shape index (κ1) is 24.3. The number of nitro benzene ring substituents is 1. The van der Waals surface area contributed by atoms with Gasteiger partial charge in [0.05, 0.1) is 26.3 Å². The van der Waals surface area contributed by atoms with Gasteiger partial charge in [0, 0.05) is 35.4 Å². The summed E-state index contributed by atoms with van der Waals surface area (Å²) in [5.74, 6) is 2.11. The number of methoxy groups -OCH3 is 3. The van der Waals surface area contributed by atoms with Crippen LogP contribution in [0.3, 0.4) is 0 Å². The number of nitrogens with one attached hydrogen (secondary N) is 1. The minimum atomic E-state index is -0.668. The maximum Gasteiger partial charge on any atom is 0.269 e. The average molecular weight is 506 g/mol. The zero-order valence-corrected chi connectivity index (χ0v) is 21.2. The number of aromatic nitrogens is 3. The molecular formula is C26H27N5O6. The Hall–Kier alpha value is -4.41. The van der Waals surface area contributed by atoms with Crippen molar-refractivity contribution < 1.29 is 23.9 Å². The van der Waals surface area contributed by atoms with E-state index < -0.39 is 11.0 Å². The number of rotatable bonds is 6. The van der Waals surface area contributed by atoms with Crippen molar-refractivity contribution >= 4 is 17.4 Å². The second kappa shape index (κ2) is 8.91. The number of non-ortho nitro benzene ring substituents is 1. The number of hydrogen-bond acceptors (Lipinski definition) is 9. The summed E-state index contributed by atoms with van der Waals surface area (Å²) in [6, 6.07) is 9.11. The van der Waals surface area contributed by atoms with Crippen LogP contribution < -0.4 is 19.5 Å². The molecule has 192 valence electrons. The van der Waals surface area contributed by atoms with Crippen LogP contribution in [0.5, 0.6) is 17.2 Å². The first-order valence-electron chi connectivity index (χ1n) is 11.7. The molecule has 1 N–H and O–H groups in total. The van der Waals surface area contributed by atoms with Gasteiger partial charge in [-0.3, -0.25) is 14.9 Å². The Bertz CT molecular complexity index is 1430. The van der Waals surface area contributed by atoms with Gasteiger partial charge in [0.1, 0.15) is 6.04 Å². The van der Waals surface area contributed by atoms with Crippen molar-refractivity contribution in [2.24, 2.45) is 5.41 Å². The molecule has 0 saturated heterocycles. The van der Waals surface area contributed by atoms with Crippen LogP contribution in [0, 0.1) is 15.5 Å². The summed E-state index contributed by atoms with van der Waals surface area (Å²) in [6.07, 6.45) is 0.995. The van der Waals surface area contributed by atoms with Crippen LogP contribution in [0.4, 0.5) is 11.6 Å². The molecule has 2 aliphatic rings. The fourth-order valence-electron chi connectivity index (χ4n) is 5.06. The van der Waals surface area contributed by atoms with Gasteiger partial charge < -0.3 is 19.5 Å². The van der Waals surface area contributed by atoms with E-state index in [4.69, 9.17) is 24.3 Å². The first-order chi connectivity index (χ1) is 17.7. The van der Waals surface area contributed by atoms with E-state index in [9.17, 15) is 14.9 Å². The number of carbonyl (C=O) groups excluding carboxylic acids is 1. The Morgan fingerprint density at radius 3 is 2.41 bits per heavy atom. The highest BCUT2D eigenvalue weighted by atomic mass is 16.6. The van der Waals surface area contributed by atoms with Gasteiger partial charge >= 0.3 is 0 Å². The molecule has 2 heterocycles. The third-order valence-corrected chi connectivity index (χ3v) is 6.65. The number of anilines is 1. The lowest BCUT2D eigenvalue weighted by Crippen LogP contribution is -2.36. The molecule has 1 atom stereocenters. The Morgan fingerprint density at radius 1 is 1.08 bits per heavy atom. The second-order valence-electron chi connectivity index (χ2n) is 9.83. The predicted octanol–water partition coefficient (Wildman–Crippen LogP) is 4.54. The van der Waals surface area contributed by atoms with Gasteiger partial charge in [0.15, 0.2) is 23.1 Å². The molecule has 11 nitrogen and oxygen atoms in total. The zero-order valence-electron chi connectivity index (χ0n) is 21.2. The third kappa shape index (κ3) is 4.15. The van der Waals surface area contributed by atoms with Crippen molar-refractivity contribution in [3.8, 4) is 28.6 Å². The standard InChI is InChI=1S/C26H27N5O6/c1-26(2)12-17-21(18(32)13-26)22(14-7-6-8-16(9-14)31(33)34)30-25(27-17)28-24(29-30)15-10-19(35-3)23(37-5)20(11-15)36-4/h6-11,22H,12-13H2,1-5H3,(H,27,28,29). The smallest absolute Gasteiger partial charge is 0.269 e. The molecule has 1 aliphatic carbocycles. The monoisotopic (exact) mass is 505 g/mol. The molecule has 0 bridgehead atoms. The molecule has 0 amide bonds. The molecule has 5 rings (SSSR count). The lowest BCUT2D eigenvalue weighted by atomic mass is 9.73. The summed E-state index contributed by atoms with van der Waals surface area (Å²) in [5, 5.41) is 19.6. The molecule has 0 radical (unpaired) electrons. The number of benzene rings is 2. The summed E-state index contributed by atoms with van der Waals surface area (Å²) in [7, 11) is 4.58. The molecule has 2 aromatic carbocycles. The summed E-state index contributed by atoms with van der Waals surface area (Å²) < 4.78 is 18.0. The van der Waals surface area contributed by atoms with E-state index in [-0.39, 0.29) is 16.9 Å². The summed E-state index contributed by atoms with van der Waals surface area (Å²) in [5.41, 5.74) is 2.20. The van der Waals surface area contributed by atoms with E-state index in [2.05, 4.69) is 5.32 Å². The number of hydrogen-bond donors (Lipinski definition) is 1. The van der Waals surface area contributed by atoms with E-state index in [1.54, 1.807) is 28.9 Å². The van der Waals surface area contributed by atoms with Crippen LogP contribution in [-0.2, 0) is 4.79 Å². The van der Waals surface area contributed by atoms with Crippen molar-refractivity contribution in [2.45, 2.75) is 32.7 Å². The molecule has 0 fully saturated rings. The number of ether oxygens (including phenoxy) is 3. The highest BCUT2D eigenvalue weighted by molar-refractivity contribution is 6.00. The van der Waals surface area contributed by atoms with Crippen molar-refractivity contribution in [3.05, 3.63) is 63.3 Å². The fraction of sp³-hybridized carbons (Fsp3) is 0.346. The normalized spacial score (nSPS) is 18.0. The number of nitro groups is 1. The lowest BCUT2D eigenvalue weighted by molar-refractivity contribution is -0.384. The average Bonchev–Trinajstić information content (AvgIpc) is 3.29. The minimum Gasteiger partial charge on any atom is -0.493 e. The number of allylic oxidation sites excluding steroid dienone is 2. The maximum atomic E-state index is 13.4. The number of nitrogens with zero attached hydrogens (tertiary/aromatic N) is 4. The Morgan fingerprint density at radius 2 is 1.78 bits per heavy atom. The van der Waals surface area contributed by atoms with Gasteiger partial charge in [-0.05, 0) is 29.5 Å². The molecule has 1 unspecified atom stereocenters. The van der Waals surface area contributed by atoms with Crippen LogP contribution >= 0.6 is 0 Å². The van der Waals surface area contributed by atoms with Crippen molar-refractivity contribution in [3.63, 3.8) is 0 Å². The Labute approximate surface area is 213 Å². The topological polar surface area (TPSA) is 131 Å². The fourth-order valence-corrected chi connectivity index (χ4v) is 5.06. The van der Waals surface area contributed by atoms with Crippen LogP contribution in [0.25, 0.3) is 11.4 Å². The largest absolute Gasteiger partial charge is 0.493 e. The van der Waals surface area contributed by atoms with Gasteiger partial charge in [-0.25, -0.2) is 4.68 Å². The lowest BCUT2D eigenvalue weighted by Gasteiger charge is -2.38. The minimum absolute atomic E-state index is 0.0225. The SMILES string of the molecule is COc1cc(-c2nc3n(n2)C(c2cccc([N+](=O)[O-])c2)C2=C(CC(C)(C)CC2=O)N3)cc(OC)c1OC. The summed E-state index contributed by atoms with van der Waals surface area (Å²) in [6.45, 7) is 4.08. The predicted molar refractivity (Wildman–Crippen MR) is 135 cm³/mol. The quantitative estimate of drug-likeness (QED) is 0.379. The Balaban J connectivity index is 1.69. The number of ketones is 1. The van der Waals surface area contributed by atoms with E-state index in [1.165, 1.54) is 33.5 Å². The number of Topliss-reactive ketones (excluding diaryl/α,β-unsaturated/α-hetero) is 1. The highest BCUT2D eigenvalue weighted by Gasteiger charge is 2.42. The van der Waals surface area contributed by atoms with Crippen LogP contribution in [0.1, 0.15) is 38.3 Å². The van der Waals surface area contributed by atoms with Crippen molar-refractivity contribution in [2.75, 3.05) is 26.6 Å². The molecule has 0 spiro atoms. The first-order valence-corrected chi connectivity index (χ1v) is 11.7. The molecule has 1 aromatic heterocycles. The number of fused-ring (bicyclic) bond motifs is 1. The van der Waals surface area contributed by atoms with Crippen LogP contribution in [0.15, 0.2) is 47.7 Å².